The zero-order valence-electron chi connectivity index (χ0n) is 12.8. The molecule has 0 saturated heterocycles. The summed E-state index contributed by atoms with van der Waals surface area (Å²) < 4.78 is 0. The summed E-state index contributed by atoms with van der Waals surface area (Å²) in [5.74, 6) is 0.569. The van der Waals surface area contributed by atoms with E-state index in [0.717, 1.165) is 18.7 Å². The second kappa shape index (κ2) is 7.04. The van der Waals surface area contributed by atoms with Crippen LogP contribution in [0.1, 0.15) is 23.2 Å². The first-order valence-corrected chi connectivity index (χ1v) is 7.07. The second-order valence-corrected chi connectivity index (χ2v) is 5.55. The van der Waals surface area contributed by atoms with Crippen LogP contribution >= 0.6 is 0 Å². The van der Waals surface area contributed by atoms with Crippen LogP contribution < -0.4 is 5.32 Å². The molecule has 0 aliphatic rings. The summed E-state index contributed by atoms with van der Waals surface area (Å²) >= 11 is 0. The molecule has 0 spiro atoms. The fourth-order valence-electron chi connectivity index (χ4n) is 2.07. The lowest BCUT2D eigenvalue weighted by Crippen LogP contribution is -2.12. The van der Waals surface area contributed by atoms with Gasteiger partial charge in [-0.2, -0.15) is 5.10 Å². The van der Waals surface area contributed by atoms with Gasteiger partial charge < -0.3 is 10.2 Å². The largest absolute Gasteiger partial charge is 0.309 e. The number of benzene rings is 1. The highest BCUT2D eigenvalue weighted by atomic mass is 16.1. The third-order valence-electron chi connectivity index (χ3n) is 3.15. The minimum Gasteiger partial charge on any atom is -0.309 e. The Bertz CT molecular complexity index is 587. The molecule has 0 radical (unpaired) electrons. The van der Waals surface area contributed by atoms with Gasteiger partial charge in [0, 0.05) is 19.0 Å². The molecule has 21 heavy (non-hydrogen) atoms. The predicted molar refractivity (Wildman–Crippen MR) is 84.1 cm³/mol. The molecule has 112 valence electrons. The molecule has 2 N–H and O–H groups in total. The highest BCUT2D eigenvalue weighted by molar-refractivity contribution is 5.89. The highest BCUT2D eigenvalue weighted by Gasteiger charge is 2.07. The molecule has 0 fully saturated rings. The molecule has 0 atom stereocenters. The van der Waals surface area contributed by atoms with E-state index in [2.05, 4.69) is 46.7 Å². The fourth-order valence-corrected chi connectivity index (χ4v) is 2.07. The number of aromatic nitrogens is 2. The summed E-state index contributed by atoms with van der Waals surface area (Å²) in [6.07, 6.45) is 1.19. The Morgan fingerprint density at radius 3 is 2.67 bits per heavy atom. The molecule has 0 aliphatic heterocycles. The summed E-state index contributed by atoms with van der Waals surface area (Å²) in [6.45, 7) is 2.83. The number of H-pyrrole nitrogens is 1. The summed E-state index contributed by atoms with van der Waals surface area (Å²) in [5, 5.41) is 9.83. The van der Waals surface area contributed by atoms with Crippen LogP contribution in [0.4, 0.5) is 5.82 Å². The lowest BCUT2D eigenvalue weighted by atomic mass is 10.1. The molecule has 2 aromatic rings. The Balaban J connectivity index is 1.81. The van der Waals surface area contributed by atoms with Crippen LogP contribution in [0.25, 0.3) is 0 Å². The third kappa shape index (κ3) is 5.04. The number of nitrogens with one attached hydrogen (secondary N) is 2. The Hall–Kier alpha value is -2.14. The molecule has 5 nitrogen and oxygen atoms in total. The van der Waals surface area contributed by atoms with E-state index in [0.29, 0.717) is 12.2 Å². The number of aryl methyl sites for hydroxylation is 2. The lowest BCUT2D eigenvalue weighted by Gasteiger charge is -2.05. The Morgan fingerprint density at radius 1 is 1.29 bits per heavy atom. The molecule has 5 heteroatoms. The number of anilines is 1. The lowest BCUT2D eigenvalue weighted by molar-refractivity contribution is -0.116. The first kappa shape index (κ1) is 15.3. The van der Waals surface area contributed by atoms with Gasteiger partial charge in [0.15, 0.2) is 5.82 Å². The van der Waals surface area contributed by atoms with Crippen molar-refractivity contribution >= 4 is 11.7 Å². The van der Waals surface area contributed by atoms with Gasteiger partial charge in [-0.15, -0.1) is 0 Å². The van der Waals surface area contributed by atoms with Gasteiger partial charge >= 0.3 is 0 Å². The topological polar surface area (TPSA) is 61.0 Å². The van der Waals surface area contributed by atoms with Crippen molar-refractivity contribution in [1.29, 1.82) is 0 Å². The molecule has 0 unspecified atom stereocenters. The number of rotatable bonds is 6. The fraction of sp³-hybridized carbons (Fsp3) is 0.375. The number of carbonyl (C=O) groups is 1. The number of amides is 1. The maximum atomic E-state index is 11.9. The number of aromatic amines is 1. The zero-order chi connectivity index (χ0) is 15.2. The minimum atomic E-state index is -0.0153. The highest BCUT2D eigenvalue weighted by Crippen LogP contribution is 2.09. The zero-order valence-corrected chi connectivity index (χ0v) is 12.8. The van der Waals surface area contributed by atoms with E-state index < -0.39 is 0 Å². The van der Waals surface area contributed by atoms with Gasteiger partial charge in [-0.05, 0) is 33.0 Å². The van der Waals surface area contributed by atoms with Crippen molar-refractivity contribution in [2.24, 2.45) is 0 Å². The first-order valence-electron chi connectivity index (χ1n) is 7.07. The minimum absolute atomic E-state index is 0.0153. The smallest absolute Gasteiger partial charge is 0.225 e. The van der Waals surface area contributed by atoms with E-state index in [1.165, 1.54) is 11.1 Å². The van der Waals surface area contributed by atoms with Gasteiger partial charge in [0.05, 0.1) is 5.69 Å². The first-order chi connectivity index (χ1) is 10.0. The Labute approximate surface area is 125 Å². The van der Waals surface area contributed by atoms with Crippen molar-refractivity contribution < 1.29 is 4.79 Å². The molecule has 0 bridgehead atoms. The van der Waals surface area contributed by atoms with Gasteiger partial charge in [0.2, 0.25) is 5.91 Å². The maximum absolute atomic E-state index is 11.9. The maximum Gasteiger partial charge on any atom is 0.225 e. The molecule has 1 aromatic carbocycles. The molecule has 1 heterocycles. The van der Waals surface area contributed by atoms with E-state index in [-0.39, 0.29) is 5.91 Å². The van der Waals surface area contributed by atoms with Crippen LogP contribution in [0, 0.1) is 6.92 Å². The standard InChI is InChI=1S/C16H22N4O/c1-12-4-6-13(7-5-12)8-9-16(21)17-15-10-14(18-19-15)11-20(2)3/h4-7,10H,8-9,11H2,1-3H3,(H2,17,18,19,21). The third-order valence-corrected chi connectivity index (χ3v) is 3.15. The van der Waals surface area contributed by atoms with Crippen LogP contribution in [0.15, 0.2) is 30.3 Å². The summed E-state index contributed by atoms with van der Waals surface area (Å²) in [5.41, 5.74) is 3.38. The average molecular weight is 286 g/mol. The van der Waals surface area contributed by atoms with Gasteiger partial charge in [-0.25, -0.2) is 0 Å². The van der Waals surface area contributed by atoms with E-state index in [9.17, 15) is 4.79 Å². The van der Waals surface area contributed by atoms with Gasteiger partial charge in [0.1, 0.15) is 0 Å². The van der Waals surface area contributed by atoms with Crippen molar-refractivity contribution in [3.8, 4) is 0 Å². The van der Waals surface area contributed by atoms with Crippen LogP contribution in [0.2, 0.25) is 0 Å². The van der Waals surface area contributed by atoms with Crippen molar-refractivity contribution in [1.82, 2.24) is 15.1 Å². The van der Waals surface area contributed by atoms with E-state index >= 15 is 0 Å². The van der Waals surface area contributed by atoms with Crippen LogP contribution in [0.5, 0.6) is 0 Å². The van der Waals surface area contributed by atoms with Crippen molar-refractivity contribution in [3.05, 3.63) is 47.2 Å². The molecule has 0 aliphatic carbocycles. The quantitative estimate of drug-likeness (QED) is 0.857. The van der Waals surface area contributed by atoms with Crippen LogP contribution in [-0.4, -0.2) is 35.1 Å². The van der Waals surface area contributed by atoms with Crippen molar-refractivity contribution in [3.63, 3.8) is 0 Å². The molecule has 0 saturated carbocycles. The number of hydrogen-bond donors (Lipinski definition) is 2. The Kier molecular flexibility index (Phi) is 5.11. The monoisotopic (exact) mass is 286 g/mol. The number of nitrogens with zero attached hydrogens (tertiary/aromatic N) is 2. The van der Waals surface area contributed by atoms with Gasteiger partial charge in [0.25, 0.3) is 0 Å². The molecular formula is C16H22N4O. The van der Waals surface area contributed by atoms with E-state index in [1.54, 1.807) is 0 Å². The SMILES string of the molecule is Cc1ccc(CCC(=O)Nc2cc(CN(C)C)[nH]n2)cc1. The summed E-state index contributed by atoms with van der Waals surface area (Å²) in [4.78, 5) is 13.9. The number of carbonyl (C=O) groups excluding carboxylic acids is 1. The molecule has 1 aromatic heterocycles. The normalized spacial score (nSPS) is 10.9. The Morgan fingerprint density at radius 2 is 2.00 bits per heavy atom. The van der Waals surface area contributed by atoms with Crippen molar-refractivity contribution in [2.45, 2.75) is 26.3 Å². The van der Waals surface area contributed by atoms with Gasteiger partial charge in [-0.3, -0.25) is 9.89 Å². The van der Waals surface area contributed by atoms with Crippen LogP contribution in [-0.2, 0) is 17.8 Å². The molecular weight excluding hydrogens is 264 g/mol. The van der Waals surface area contributed by atoms with E-state index in [4.69, 9.17) is 0 Å². The predicted octanol–water partition coefficient (Wildman–Crippen LogP) is 2.35. The molecule has 1 amide bonds. The average Bonchev–Trinajstić information content (AvgIpc) is 2.84. The summed E-state index contributed by atoms with van der Waals surface area (Å²) in [6, 6.07) is 10.1. The van der Waals surface area contributed by atoms with E-state index in [1.807, 2.05) is 25.1 Å². The van der Waals surface area contributed by atoms with Gasteiger partial charge in [-0.1, -0.05) is 29.8 Å². The molecule has 2 rings (SSSR count). The number of hydrogen-bond acceptors (Lipinski definition) is 3. The summed E-state index contributed by atoms with van der Waals surface area (Å²) in [7, 11) is 3.97. The van der Waals surface area contributed by atoms with Crippen molar-refractivity contribution in [2.75, 3.05) is 19.4 Å². The second-order valence-electron chi connectivity index (χ2n) is 5.55. The van der Waals surface area contributed by atoms with Crippen LogP contribution in [0.3, 0.4) is 0 Å².